The van der Waals surface area contributed by atoms with E-state index in [9.17, 15) is 17.6 Å². The van der Waals surface area contributed by atoms with Crippen LogP contribution in [0.15, 0.2) is 18.3 Å². The van der Waals surface area contributed by atoms with E-state index in [1.54, 1.807) is 4.90 Å². The van der Waals surface area contributed by atoms with Gasteiger partial charge in [-0.2, -0.15) is 5.10 Å². The van der Waals surface area contributed by atoms with E-state index >= 15 is 0 Å². The second-order valence-corrected chi connectivity index (χ2v) is 9.32. The lowest BCUT2D eigenvalue weighted by atomic mass is 9.89. The predicted octanol–water partition coefficient (Wildman–Crippen LogP) is 2.32. The van der Waals surface area contributed by atoms with E-state index in [0.29, 0.717) is 13.0 Å². The monoisotopic (exact) mass is 452 g/mol. The lowest BCUT2D eigenvalue weighted by Crippen LogP contribution is -2.54. The number of hydrogen-bond donors (Lipinski definition) is 3. The van der Waals surface area contributed by atoms with Crippen LogP contribution in [0.5, 0.6) is 0 Å². The SMILES string of the molecule is N[C@H]1C[C@@H](N2Cc3cn[nH]c3C2)CN[C@@H]1c1cc(F)c(CCN2CCC(F)(F)C2)cc1F. The van der Waals surface area contributed by atoms with Crippen molar-refractivity contribution in [3.63, 3.8) is 0 Å². The molecule has 3 atom stereocenters. The molecule has 4 N–H and O–H groups in total. The van der Waals surface area contributed by atoms with Gasteiger partial charge in [-0.3, -0.25) is 14.9 Å². The Bertz CT molecular complexity index is 959. The summed E-state index contributed by atoms with van der Waals surface area (Å²) in [6.45, 7) is 2.44. The maximum absolute atomic E-state index is 14.9. The highest BCUT2D eigenvalue weighted by Crippen LogP contribution is 2.32. The maximum atomic E-state index is 14.9. The normalized spacial score (nSPS) is 28.3. The van der Waals surface area contributed by atoms with E-state index in [0.717, 1.165) is 18.8 Å². The number of alkyl halides is 2. The van der Waals surface area contributed by atoms with Crippen LogP contribution in [0.3, 0.4) is 0 Å². The summed E-state index contributed by atoms with van der Waals surface area (Å²) < 4.78 is 56.4. The molecule has 3 aliphatic rings. The number of halogens is 4. The first-order valence-electron chi connectivity index (χ1n) is 11.1. The van der Waals surface area contributed by atoms with Gasteiger partial charge in [-0.25, -0.2) is 17.6 Å². The number of rotatable bonds is 5. The van der Waals surface area contributed by atoms with Gasteiger partial charge in [-0.1, -0.05) is 0 Å². The molecule has 1 aromatic carbocycles. The molecule has 5 rings (SSSR count). The van der Waals surface area contributed by atoms with Crippen LogP contribution in [0.4, 0.5) is 17.6 Å². The molecule has 2 aromatic rings. The van der Waals surface area contributed by atoms with Crippen molar-refractivity contribution in [2.45, 2.75) is 56.4 Å². The van der Waals surface area contributed by atoms with Crippen molar-refractivity contribution in [2.24, 2.45) is 5.73 Å². The number of nitrogens with zero attached hydrogens (tertiary/aromatic N) is 3. The van der Waals surface area contributed by atoms with Gasteiger partial charge in [0.1, 0.15) is 11.6 Å². The highest BCUT2D eigenvalue weighted by Gasteiger charge is 2.38. The van der Waals surface area contributed by atoms with Crippen LogP contribution in [-0.4, -0.2) is 64.2 Å². The standard InChI is InChI=1S/C22H28F4N6/c23-17-7-16(18(24)5-13(17)1-3-31-4-2-22(25,26)12-31)21-19(27)6-15(9-28-21)32-10-14-8-29-30-20(14)11-32/h5,7-8,15,19,21,28H,1-4,6,9-12,27H2,(H,29,30)/t15-,19+,21-/m1/s1. The molecule has 0 spiro atoms. The average Bonchev–Trinajstić information content (AvgIpc) is 3.43. The molecule has 174 valence electrons. The topological polar surface area (TPSA) is 73.2 Å². The second-order valence-electron chi connectivity index (χ2n) is 9.32. The zero-order chi connectivity index (χ0) is 22.5. The minimum absolute atomic E-state index is 0.185. The summed E-state index contributed by atoms with van der Waals surface area (Å²) in [5.74, 6) is -3.72. The van der Waals surface area contributed by atoms with Crippen molar-refractivity contribution in [3.05, 3.63) is 52.3 Å². The molecular weight excluding hydrogens is 424 g/mol. The quantitative estimate of drug-likeness (QED) is 0.608. The van der Waals surface area contributed by atoms with E-state index < -0.39 is 23.6 Å². The van der Waals surface area contributed by atoms with Gasteiger partial charge < -0.3 is 11.1 Å². The van der Waals surface area contributed by atoms with Gasteiger partial charge in [0, 0.05) is 62.4 Å². The third-order valence-electron chi connectivity index (χ3n) is 7.05. The zero-order valence-electron chi connectivity index (χ0n) is 17.8. The van der Waals surface area contributed by atoms with E-state index in [-0.39, 0.29) is 55.7 Å². The number of piperidine rings is 1. The number of nitrogens with one attached hydrogen (secondary N) is 2. The molecule has 0 unspecified atom stereocenters. The minimum Gasteiger partial charge on any atom is -0.326 e. The summed E-state index contributed by atoms with van der Waals surface area (Å²) in [6, 6.07) is 1.77. The molecule has 0 saturated carbocycles. The first-order chi connectivity index (χ1) is 15.3. The summed E-state index contributed by atoms with van der Waals surface area (Å²) in [7, 11) is 0. The van der Waals surface area contributed by atoms with Crippen LogP contribution in [-0.2, 0) is 19.5 Å². The number of aromatic nitrogens is 2. The van der Waals surface area contributed by atoms with Crippen LogP contribution >= 0.6 is 0 Å². The smallest absolute Gasteiger partial charge is 0.261 e. The van der Waals surface area contributed by atoms with Gasteiger partial charge in [0.05, 0.1) is 24.5 Å². The molecule has 4 heterocycles. The van der Waals surface area contributed by atoms with Crippen molar-refractivity contribution in [3.8, 4) is 0 Å². The fourth-order valence-electron chi connectivity index (χ4n) is 5.22. The Hall–Kier alpha value is -2.01. The zero-order valence-corrected chi connectivity index (χ0v) is 17.8. The van der Waals surface area contributed by atoms with E-state index in [1.165, 1.54) is 17.7 Å². The third kappa shape index (κ3) is 4.28. The summed E-state index contributed by atoms with van der Waals surface area (Å²) >= 11 is 0. The van der Waals surface area contributed by atoms with Crippen LogP contribution in [0.2, 0.25) is 0 Å². The molecule has 0 aliphatic carbocycles. The lowest BCUT2D eigenvalue weighted by molar-refractivity contribution is 0.0123. The van der Waals surface area contributed by atoms with Crippen molar-refractivity contribution in [2.75, 3.05) is 26.2 Å². The molecule has 10 heteroatoms. The Morgan fingerprint density at radius 3 is 2.75 bits per heavy atom. The largest absolute Gasteiger partial charge is 0.326 e. The summed E-state index contributed by atoms with van der Waals surface area (Å²) in [5.41, 5.74) is 9.12. The van der Waals surface area contributed by atoms with E-state index in [1.807, 2.05) is 6.20 Å². The Kier molecular flexibility index (Phi) is 5.73. The molecule has 6 nitrogen and oxygen atoms in total. The first-order valence-corrected chi connectivity index (χ1v) is 11.1. The molecule has 2 saturated heterocycles. The minimum atomic E-state index is -2.69. The molecular formula is C22H28F4N6. The van der Waals surface area contributed by atoms with Gasteiger partial charge >= 0.3 is 0 Å². The van der Waals surface area contributed by atoms with Gasteiger partial charge in [0.25, 0.3) is 5.92 Å². The van der Waals surface area contributed by atoms with Crippen molar-refractivity contribution in [1.29, 1.82) is 0 Å². The first kappa shape index (κ1) is 21.8. The van der Waals surface area contributed by atoms with E-state index in [4.69, 9.17) is 5.73 Å². The van der Waals surface area contributed by atoms with Gasteiger partial charge in [0.15, 0.2) is 0 Å². The molecule has 3 aliphatic heterocycles. The highest BCUT2D eigenvalue weighted by molar-refractivity contribution is 5.30. The molecule has 0 amide bonds. The number of fused-ring (bicyclic) bond motifs is 1. The summed E-state index contributed by atoms with van der Waals surface area (Å²) in [6.07, 6.45) is 2.51. The van der Waals surface area contributed by atoms with Crippen LogP contribution < -0.4 is 11.1 Å². The number of benzene rings is 1. The molecule has 1 aromatic heterocycles. The van der Waals surface area contributed by atoms with Crippen molar-refractivity contribution >= 4 is 0 Å². The van der Waals surface area contributed by atoms with Crippen molar-refractivity contribution < 1.29 is 17.6 Å². The summed E-state index contributed by atoms with van der Waals surface area (Å²) in [5, 5.41) is 10.4. The Balaban J connectivity index is 1.21. The summed E-state index contributed by atoms with van der Waals surface area (Å²) in [4.78, 5) is 3.91. The molecule has 32 heavy (non-hydrogen) atoms. The molecule has 2 fully saturated rings. The number of aromatic amines is 1. The van der Waals surface area contributed by atoms with Gasteiger partial charge in [-0.05, 0) is 30.5 Å². The van der Waals surface area contributed by atoms with E-state index in [2.05, 4.69) is 20.4 Å². The Morgan fingerprint density at radius 2 is 2.03 bits per heavy atom. The van der Waals surface area contributed by atoms with Crippen LogP contribution in [0.1, 0.15) is 41.3 Å². The second kappa shape index (κ2) is 8.40. The number of nitrogens with two attached hydrogens (primary N) is 1. The van der Waals surface area contributed by atoms with Gasteiger partial charge in [0.2, 0.25) is 0 Å². The predicted molar refractivity (Wildman–Crippen MR) is 111 cm³/mol. The Morgan fingerprint density at radius 1 is 1.19 bits per heavy atom. The van der Waals surface area contributed by atoms with Crippen LogP contribution in [0, 0.1) is 11.6 Å². The van der Waals surface area contributed by atoms with Gasteiger partial charge in [-0.15, -0.1) is 0 Å². The maximum Gasteiger partial charge on any atom is 0.261 e. The number of H-pyrrole nitrogens is 1. The highest BCUT2D eigenvalue weighted by atomic mass is 19.3. The number of likely N-dealkylation sites (tertiary alicyclic amines) is 1. The lowest BCUT2D eigenvalue weighted by Gasteiger charge is -2.39. The van der Waals surface area contributed by atoms with Crippen LogP contribution in [0.25, 0.3) is 0 Å². The fraction of sp³-hybridized carbons (Fsp3) is 0.591. The molecule has 0 radical (unpaired) electrons. The fourth-order valence-corrected chi connectivity index (χ4v) is 5.22. The number of hydrogen-bond acceptors (Lipinski definition) is 5. The Labute approximate surface area is 184 Å². The third-order valence-corrected chi connectivity index (χ3v) is 7.05. The van der Waals surface area contributed by atoms with Crippen molar-refractivity contribution in [1.82, 2.24) is 25.3 Å². The molecule has 0 bridgehead atoms. The average molecular weight is 453 g/mol.